The number of methoxy groups -OCH3 is 1. The summed E-state index contributed by atoms with van der Waals surface area (Å²) in [7, 11) is 1.65. The lowest BCUT2D eigenvalue weighted by Crippen LogP contribution is -2.16. The average Bonchev–Trinajstić information content (AvgIpc) is 2.74. The Labute approximate surface area is 181 Å². The number of ketones is 1. The van der Waals surface area contributed by atoms with E-state index < -0.39 is 0 Å². The molecule has 0 heterocycles. The minimum absolute atomic E-state index is 0.108. The molecular weight excluding hydrogens is 426 g/mol. The molecule has 0 amide bonds. The van der Waals surface area contributed by atoms with Crippen LogP contribution in [0.25, 0.3) is 0 Å². The molecule has 0 saturated carbocycles. The standard InChI is InChI=1S/C25H26BrNO2/c1-17(2)18-4-6-19(7-5-18)24(27-22-12-14-23(29-3)15-13-22)16-25(28)20-8-10-21(26)11-9-20/h4-15,17,24,27H,16H2,1-3H3. The van der Waals surface area contributed by atoms with Crippen molar-refractivity contribution < 1.29 is 9.53 Å². The van der Waals surface area contributed by atoms with Gasteiger partial charge in [-0.25, -0.2) is 0 Å². The molecule has 0 aliphatic heterocycles. The van der Waals surface area contributed by atoms with Gasteiger partial charge < -0.3 is 10.1 Å². The van der Waals surface area contributed by atoms with Crippen LogP contribution in [0.1, 0.15) is 53.7 Å². The highest BCUT2D eigenvalue weighted by atomic mass is 79.9. The van der Waals surface area contributed by atoms with Crippen LogP contribution in [0.15, 0.2) is 77.3 Å². The molecule has 1 atom stereocenters. The van der Waals surface area contributed by atoms with Crippen molar-refractivity contribution in [2.24, 2.45) is 0 Å². The number of anilines is 1. The van der Waals surface area contributed by atoms with Crippen molar-refractivity contribution in [2.75, 3.05) is 12.4 Å². The maximum Gasteiger partial charge on any atom is 0.165 e. The summed E-state index contributed by atoms with van der Waals surface area (Å²) >= 11 is 3.42. The van der Waals surface area contributed by atoms with Gasteiger partial charge in [0.2, 0.25) is 0 Å². The number of carbonyl (C=O) groups excluding carboxylic acids is 1. The van der Waals surface area contributed by atoms with Crippen LogP contribution in [-0.2, 0) is 0 Å². The van der Waals surface area contributed by atoms with E-state index in [1.165, 1.54) is 5.56 Å². The van der Waals surface area contributed by atoms with Crippen molar-refractivity contribution in [3.63, 3.8) is 0 Å². The van der Waals surface area contributed by atoms with Crippen molar-refractivity contribution in [3.8, 4) is 5.75 Å². The van der Waals surface area contributed by atoms with Crippen LogP contribution in [0.3, 0.4) is 0 Å². The van der Waals surface area contributed by atoms with E-state index >= 15 is 0 Å². The van der Waals surface area contributed by atoms with Gasteiger partial charge in [0.15, 0.2) is 5.78 Å². The number of carbonyl (C=O) groups is 1. The minimum atomic E-state index is -0.124. The molecule has 0 bridgehead atoms. The highest BCUT2D eigenvalue weighted by molar-refractivity contribution is 9.10. The first-order chi connectivity index (χ1) is 14.0. The molecule has 0 aliphatic rings. The predicted octanol–water partition coefficient (Wildman–Crippen LogP) is 7.01. The zero-order chi connectivity index (χ0) is 20.8. The summed E-state index contributed by atoms with van der Waals surface area (Å²) in [5.41, 5.74) is 4.05. The number of ether oxygens (including phenoxy) is 1. The lowest BCUT2D eigenvalue weighted by atomic mass is 9.95. The van der Waals surface area contributed by atoms with Crippen molar-refractivity contribution in [3.05, 3.63) is 94.0 Å². The van der Waals surface area contributed by atoms with Gasteiger partial charge in [0, 0.05) is 22.1 Å². The van der Waals surface area contributed by atoms with E-state index in [4.69, 9.17) is 4.74 Å². The van der Waals surface area contributed by atoms with E-state index in [-0.39, 0.29) is 11.8 Å². The van der Waals surface area contributed by atoms with E-state index in [9.17, 15) is 4.79 Å². The van der Waals surface area contributed by atoms with Gasteiger partial charge in [-0.3, -0.25) is 4.79 Å². The third-order valence-corrected chi connectivity index (χ3v) is 5.52. The summed E-state index contributed by atoms with van der Waals surface area (Å²) in [6.07, 6.45) is 0.370. The van der Waals surface area contributed by atoms with Crippen molar-refractivity contribution >= 4 is 27.4 Å². The van der Waals surface area contributed by atoms with E-state index in [0.717, 1.165) is 21.5 Å². The SMILES string of the molecule is COc1ccc(NC(CC(=O)c2ccc(Br)cc2)c2ccc(C(C)C)cc2)cc1. The number of hydrogen-bond acceptors (Lipinski definition) is 3. The number of nitrogens with one attached hydrogen (secondary N) is 1. The van der Waals surface area contributed by atoms with E-state index in [1.807, 2.05) is 48.5 Å². The molecule has 150 valence electrons. The van der Waals surface area contributed by atoms with Gasteiger partial charge in [-0.05, 0) is 53.4 Å². The second-order valence-electron chi connectivity index (χ2n) is 7.38. The Bertz CT molecular complexity index is 932. The number of Topliss-reactive ketones (excluding diaryl/α,β-unsaturated/α-hetero) is 1. The summed E-state index contributed by atoms with van der Waals surface area (Å²) in [6, 6.07) is 23.7. The summed E-state index contributed by atoms with van der Waals surface area (Å²) < 4.78 is 6.20. The predicted molar refractivity (Wildman–Crippen MR) is 123 cm³/mol. The Balaban J connectivity index is 1.85. The van der Waals surface area contributed by atoms with Crippen molar-refractivity contribution in [1.82, 2.24) is 0 Å². The van der Waals surface area contributed by atoms with E-state index in [0.29, 0.717) is 17.9 Å². The molecule has 0 aromatic heterocycles. The molecular formula is C25H26BrNO2. The van der Waals surface area contributed by atoms with Gasteiger partial charge >= 0.3 is 0 Å². The molecule has 0 radical (unpaired) electrons. The lowest BCUT2D eigenvalue weighted by Gasteiger charge is -2.21. The summed E-state index contributed by atoms with van der Waals surface area (Å²) in [5, 5.41) is 3.52. The van der Waals surface area contributed by atoms with Crippen LogP contribution in [0.4, 0.5) is 5.69 Å². The first-order valence-electron chi connectivity index (χ1n) is 9.75. The normalized spacial score (nSPS) is 11.9. The smallest absolute Gasteiger partial charge is 0.165 e. The fraction of sp³-hybridized carbons (Fsp3) is 0.240. The molecule has 4 heteroatoms. The molecule has 3 rings (SSSR count). The monoisotopic (exact) mass is 451 g/mol. The molecule has 3 aromatic carbocycles. The average molecular weight is 452 g/mol. The third-order valence-electron chi connectivity index (χ3n) is 4.99. The quantitative estimate of drug-likeness (QED) is 0.374. The number of rotatable bonds is 8. The topological polar surface area (TPSA) is 38.3 Å². The van der Waals surface area contributed by atoms with Gasteiger partial charge in [0.25, 0.3) is 0 Å². The molecule has 0 spiro atoms. The van der Waals surface area contributed by atoms with Crippen LogP contribution in [0.5, 0.6) is 5.75 Å². The Hall–Kier alpha value is -2.59. The van der Waals surface area contributed by atoms with Crippen molar-refractivity contribution in [1.29, 1.82) is 0 Å². The number of benzene rings is 3. The Kier molecular flexibility index (Phi) is 7.10. The van der Waals surface area contributed by atoms with Crippen LogP contribution < -0.4 is 10.1 Å². The minimum Gasteiger partial charge on any atom is -0.497 e. The number of halogens is 1. The molecule has 29 heavy (non-hydrogen) atoms. The number of hydrogen-bond donors (Lipinski definition) is 1. The van der Waals surface area contributed by atoms with Crippen LogP contribution in [0.2, 0.25) is 0 Å². The third kappa shape index (κ3) is 5.70. The molecule has 3 aromatic rings. The zero-order valence-electron chi connectivity index (χ0n) is 17.0. The highest BCUT2D eigenvalue weighted by Gasteiger charge is 2.18. The largest absolute Gasteiger partial charge is 0.497 e. The summed E-state index contributed by atoms with van der Waals surface area (Å²) in [6.45, 7) is 4.36. The van der Waals surface area contributed by atoms with Crippen LogP contribution in [0, 0.1) is 0 Å². The Morgan fingerprint density at radius 1 is 0.897 bits per heavy atom. The van der Waals surface area contributed by atoms with Gasteiger partial charge in [0.1, 0.15) is 5.75 Å². The zero-order valence-corrected chi connectivity index (χ0v) is 18.6. The van der Waals surface area contributed by atoms with Crippen LogP contribution >= 0.6 is 15.9 Å². The first-order valence-corrected chi connectivity index (χ1v) is 10.5. The molecule has 0 saturated heterocycles. The molecule has 1 unspecified atom stereocenters. The highest BCUT2D eigenvalue weighted by Crippen LogP contribution is 2.27. The lowest BCUT2D eigenvalue weighted by molar-refractivity contribution is 0.0976. The second-order valence-corrected chi connectivity index (χ2v) is 8.30. The fourth-order valence-electron chi connectivity index (χ4n) is 3.19. The first kappa shape index (κ1) is 21.1. The van der Waals surface area contributed by atoms with Crippen molar-refractivity contribution in [2.45, 2.75) is 32.2 Å². The van der Waals surface area contributed by atoms with Gasteiger partial charge in [-0.2, -0.15) is 0 Å². The van der Waals surface area contributed by atoms with E-state index in [1.54, 1.807) is 7.11 Å². The Morgan fingerprint density at radius 2 is 1.48 bits per heavy atom. The maximum absolute atomic E-state index is 12.9. The summed E-state index contributed by atoms with van der Waals surface area (Å²) in [5.74, 6) is 1.39. The second kappa shape index (κ2) is 9.75. The molecule has 1 N–H and O–H groups in total. The van der Waals surface area contributed by atoms with Gasteiger partial charge in [-0.1, -0.05) is 66.2 Å². The van der Waals surface area contributed by atoms with Crippen LogP contribution in [-0.4, -0.2) is 12.9 Å². The molecule has 0 fully saturated rings. The Morgan fingerprint density at radius 3 is 2.03 bits per heavy atom. The maximum atomic E-state index is 12.9. The fourth-order valence-corrected chi connectivity index (χ4v) is 3.46. The molecule has 0 aliphatic carbocycles. The van der Waals surface area contributed by atoms with E-state index in [2.05, 4.69) is 59.4 Å². The van der Waals surface area contributed by atoms with Gasteiger partial charge in [-0.15, -0.1) is 0 Å². The summed E-state index contributed by atoms with van der Waals surface area (Å²) in [4.78, 5) is 12.9. The molecule has 3 nitrogen and oxygen atoms in total. The van der Waals surface area contributed by atoms with Gasteiger partial charge in [0.05, 0.1) is 13.2 Å².